The predicted octanol–water partition coefficient (Wildman–Crippen LogP) is 4.80. The van der Waals surface area contributed by atoms with E-state index in [-0.39, 0.29) is 24.0 Å². The minimum absolute atomic E-state index is 0.0863. The Morgan fingerprint density at radius 1 is 1.00 bits per heavy atom. The lowest BCUT2D eigenvalue weighted by molar-refractivity contribution is -0.123. The molecule has 3 aromatic carbocycles. The third-order valence-electron chi connectivity index (χ3n) is 4.27. The van der Waals surface area contributed by atoms with Crippen molar-refractivity contribution >= 4 is 44.8 Å². The Kier molecular flexibility index (Phi) is 7.43. The Morgan fingerprint density at radius 2 is 1.74 bits per heavy atom. The number of ether oxygens (including phenoxy) is 1. The first kappa shape index (κ1) is 22.9. The van der Waals surface area contributed by atoms with Crippen LogP contribution in [0.15, 0.2) is 71.6 Å². The van der Waals surface area contributed by atoms with Gasteiger partial charge in [-0.3, -0.25) is 9.52 Å². The average Bonchev–Trinajstić information content (AvgIpc) is 2.71. The van der Waals surface area contributed by atoms with Crippen LogP contribution in [0.5, 0.6) is 5.75 Å². The lowest BCUT2D eigenvalue weighted by Gasteiger charge is -2.11. The monoisotopic (exact) mass is 478 g/mol. The number of hydrogen-bond acceptors (Lipinski definition) is 4. The molecule has 0 atom stereocenters. The molecule has 0 aliphatic carbocycles. The van der Waals surface area contributed by atoms with Crippen molar-refractivity contribution in [1.29, 1.82) is 0 Å². The second-order valence-corrected chi connectivity index (χ2v) is 9.27. The van der Waals surface area contributed by atoms with Crippen LogP contribution in [-0.2, 0) is 21.4 Å². The third-order valence-corrected chi connectivity index (χ3v) is 6.25. The summed E-state index contributed by atoms with van der Waals surface area (Å²) in [6.45, 7) is 1.89. The van der Waals surface area contributed by atoms with Crippen molar-refractivity contribution in [1.82, 2.24) is 5.32 Å². The van der Waals surface area contributed by atoms with Gasteiger partial charge in [0, 0.05) is 22.3 Å². The maximum atomic E-state index is 12.5. The number of benzene rings is 3. The Labute approximate surface area is 191 Å². The molecule has 0 aliphatic heterocycles. The fourth-order valence-corrected chi connectivity index (χ4v) is 4.22. The largest absolute Gasteiger partial charge is 0.484 e. The molecule has 0 fully saturated rings. The van der Waals surface area contributed by atoms with Crippen molar-refractivity contribution in [2.75, 3.05) is 11.3 Å². The van der Waals surface area contributed by atoms with E-state index in [1.54, 1.807) is 36.4 Å². The first-order valence-corrected chi connectivity index (χ1v) is 11.5. The number of nitrogens with one attached hydrogen (secondary N) is 2. The second kappa shape index (κ2) is 10.0. The number of rotatable bonds is 8. The second-order valence-electron chi connectivity index (χ2n) is 6.75. The van der Waals surface area contributed by atoms with E-state index in [4.69, 9.17) is 27.9 Å². The Morgan fingerprint density at radius 3 is 2.42 bits per heavy atom. The summed E-state index contributed by atoms with van der Waals surface area (Å²) in [6.07, 6.45) is 0. The molecule has 0 saturated heterocycles. The van der Waals surface area contributed by atoms with E-state index < -0.39 is 10.0 Å². The summed E-state index contributed by atoms with van der Waals surface area (Å²) < 4.78 is 33.0. The zero-order chi connectivity index (χ0) is 22.4. The Bertz CT molecular complexity index is 1180. The molecule has 3 rings (SSSR count). The summed E-state index contributed by atoms with van der Waals surface area (Å²) in [5.41, 5.74) is 2.16. The normalized spacial score (nSPS) is 11.1. The fourth-order valence-electron chi connectivity index (χ4n) is 2.70. The number of carbonyl (C=O) groups is 1. The number of anilines is 1. The number of aryl methyl sites for hydroxylation is 1. The van der Waals surface area contributed by atoms with Crippen molar-refractivity contribution in [2.45, 2.75) is 18.4 Å². The van der Waals surface area contributed by atoms with E-state index in [2.05, 4.69) is 10.0 Å². The van der Waals surface area contributed by atoms with Crippen LogP contribution in [0.3, 0.4) is 0 Å². The highest BCUT2D eigenvalue weighted by Gasteiger charge is 2.14. The SMILES string of the molecule is Cc1cccc(NS(=O)(=O)c2ccc(OCC(=O)NCc3ccc(Cl)cc3Cl)cc2)c1. The summed E-state index contributed by atoms with van der Waals surface area (Å²) >= 11 is 11.9. The fraction of sp³-hybridized carbons (Fsp3) is 0.136. The number of sulfonamides is 1. The lowest BCUT2D eigenvalue weighted by atomic mass is 10.2. The van der Waals surface area contributed by atoms with Crippen molar-refractivity contribution in [2.24, 2.45) is 0 Å². The van der Waals surface area contributed by atoms with Gasteiger partial charge in [0.2, 0.25) is 0 Å². The first-order valence-electron chi connectivity index (χ1n) is 9.26. The minimum atomic E-state index is -3.73. The molecular weight excluding hydrogens is 459 g/mol. The smallest absolute Gasteiger partial charge is 0.261 e. The van der Waals surface area contributed by atoms with E-state index in [9.17, 15) is 13.2 Å². The van der Waals surface area contributed by atoms with Gasteiger partial charge in [-0.1, -0.05) is 41.4 Å². The van der Waals surface area contributed by atoms with Crippen LogP contribution in [0, 0.1) is 6.92 Å². The van der Waals surface area contributed by atoms with E-state index in [0.29, 0.717) is 21.5 Å². The molecule has 2 N–H and O–H groups in total. The van der Waals surface area contributed by atoms with Gasteiger partial charge in [0.25, 0.3) is 15.9 Å². The molecule has 31 heavy (non-hydrogen) atoms. The van der Waals surface area contributed by atoms with Gasteiger partial charge in [-0.05, 0) is 66.6 Å². The van der Waals surface area contributed by atoms with E-state index in [1.165, 1.54) is 24.3 Å². The van der Waals surface area contributed by atoms with Gasteiger partial charge >= 0.3 is 0 Å². The molecule has 6 nitrogen and oxygen atoms in total. The number of amides is 1. The Balaban J connectivity index is 1.53. The number of hydrogen-bond donors (Lipinski definition) is 2. The highest BCUT2D eigenvalue weighted by atomic mass is 35.5. The van der Waals surface area contributed by atoms with Crippen LogP contribution in [0.2, 0.25) is 10.0 Å². The molecular formula is C22H20Cl2N2O4S. The Hall–Kier alpha value is -2.74. The molecule has 0 saturated carbocycles. The molecule has 0 bridgehead atoms. The van der Waals surface area contributed by atoms with Crippen molar-refractivity contribution in [3.05, 3.63) is 87.9 Å². The van der Waals surface area contributed by atoms with Crippen molar-refractivity contribution < 1.29 is 17.9 Å². The molecule has 162 valence electrons. The summed E-state index contributed by atoms with van der Waals surface area (Å²) in [4.78, 5) is 12.1. The van der Waals surface area contributed by atoms with Crippen LogP contribution in [0.4, 0.5) is 5.69 Å². The molecule has 1 amide bonds. The molecule has 0 aromatic heterocycles. The molecule has 0 aliphatic rings. The topological polar surface area (TPSA) is 84.5 Å². The zero-order valence-electron chi connectivity index (χ0n) is 16.6. The summed E-state index contributed by atoms with van der Waals surface area (Å²) in [5.74, 6) is 0.0259. The first-order chi connectivity index (χ1) is 14.7. The molecule has 0 spiro atoms. The van der Waals surface area contributed by atoms with Gasteiger partial charge in [-0.2, -0.15) is 0 Å². The lowest BCUT2D eigenvalue weighted by Crippen LogP contribution is -2.28. The van der Waals surface area contributed by atoms with Gasteiger partial charge in [0.05, 0.1) is 4.90 Å². The van der Waals surface area contributed by atoms with Gasteiger partial charge < -0.3 is 10.1 Å². The quantitative estimate of drug-likeness (QED) is 0.486. The van der Waals surface area contributed by atoms with Gasteiger partial charge in [-0.15, -0.1) is 0 Å². The molecule has 0 radical (unpaired) electrons. The van der Waals surface area contributed by atoms with E-state index in [1.807, 2.05) is 13.0 Å². The van der Waals surface area contributed by atoms with Crippen LogP contribution in [0.1, 0.15) is 11.1 Å². The highest BCUT2D eigenvalue weighted by molar-refractivity contribution is 7.92. The van der Waals surface area contributed by atoms with Gasteiger partial charge in [-0.25, -0.2) is 8.42 Å². The average molecular weight is 479 g/mol. The van der Waals surface area contributed by atoms with E-state index >= 15 is 0 Å². The minimum Gasteiger partial charge on any atom is -0.484 e. The summed E-state index contributed by atoms with van der Waals surface area (Å²) in [5, 5.41) is 3.68. The van der Waals surface area contributed by atoms with Crippen LogP contribution in [-0.4, -0.2) is 20.9 Å². The summed E-state index contributed by atoms with van der Waals surface area (Å²) in [6, 6.07) is 17.9. The zero-order valence-corrected chi connectivity index (χ0v) is 18.9. The van der Waals surface area contributed by atoms with Gasteiger partial charge in [0.1, 0.15) is 5.75 Å². The van der Waals surface area contributed by atoms with Crippen LogP contribution < -0.4 is 14.8 Å². The summed E-state index contributed by atoms with van der Waals surface area (Å²) in [7, 11) is -3.73. The third kappa shape index (κ3) is 6.62. The standard InChI is InChI=1S/C22H20Cl2N2O4S/c1-15-3-2-4-18(11-15)26-31(28,29)20-9-7-19(8-10-20)30-14-22(27)25-13-16-5-6-17(23)12-21(16)24/h2-12,26H,13-14H2,1H3,(H,25,27). The van der Waals surface area contributed by atoms with Crippen LogP contribution >= 0.6 is 23.2 Å². The molecule has 0 unspecified atom stereocenters. The van der Waals surface area contributed by atoms with Gasteiger partial charge in [0.15, 0.2) is 6.61 Å². The van der Waals surface area contributed by atoms with E-state index in [0.717, 1.165) is 11.1 Å². The maximum absolute atomic E-state index is 12.5. The number of halogens is 2. The van der Waals surface area contributed by atoms with Crippen molar-refractivity contribution in [3.63, 3.8) is 0 Å². The molecule has 9 heteroatoms. The molecule has 3 aromatic rings. The highest BCUT2D eigenvalue weighted by Crippen LogP contribution is 2.21. The molecule has 0 heterocycles. The van der Waals surface area contributed by atoms with Crippen molar-refractivity contribution in [3.8, 4) is 5.75 Å². The predicted molar refractivity (Wildman–Crippen MR) is 122 cm³/mol. The van der Waals surface area contributed by atoms with Crippen LogP contribution in [0.25, 0.3) is 0 Å². The maximum Gasteiger partial charge on any atom is 0.261 e. The number of carbonyl (C=O) groups excluding carboxylic acids is 1.